The number of aryl methyl sites for hydroxylation is 3. The molecule has 132 valence electrons. The zero-order valence-electron chi connectivity index (χ0n) is 14.3. The molecule has 0 spiro atoms. The molecule has 0 aliphatic carbocycles. The molecule has 0 aliphatic heterocycles. The number of oxazole rings is 1. The molecule has 0 atom stereocenters. The summed E-state index contributed by atoms with van der Waals surface area (Å²) in [6.45, 7) is 2.73. The second kappa shape index (κ2) is 7.17. The summed E-state index contributed by atoms with van der Waals surface area (Å²) >= 11 is 6.02. The fraction of sp³-hybridized carbons (Fsp3) is 0.211. The van der Waals surface area contributed by atoms with Gasteiger partial charge in [-0.15, -0.1) is 0 Å². The first-order chi connectivity index (χ1) is 12.7. The number of halogens is 1. The number of nitrogens with zero attached hydrogens (tertiary/aromatic N) is 4. The van der Waals surface area contributed by atoms with E-state index in [9.17, 15) is 0 Å². The molecule has 7 heteroatoms. The van der Waals surface area contributed by atoms with Crippen molar-refractivity contribution in [2.24, 2.45) is 0 Å². The molecule has 0 radical (unpaired) electrons. The summed E-state index contributed by atoms with van der Waals surface area (Å²) in [4.78, 5) is 12.1. The van der Waals surface area contributed by atoms with Crippen LogP contribution in [0.4, 0.5) is 0 Å². The second-order valence-electron chi connectivity index (χ2n) is 6.05. The Bertz CT molecular complexity index is 986. The van der Waals surface area contributed by atoms with Crippen molar-refractivity contribution in [3.8, 4) is 22.8 Å². The quantitative estimate of drug-likeness (QED) is 0.543. The van der Waals surface area contributed by atoms with E-state index in [1.807, 2.05) is 48.1 Å². The van der Waals surface area contributed by atoms with E-state index in [2.05, 4.69) is 15.1 Å². The van der Waals surface area contributed by atoms with Crippen molar-refractivity contribution in [2.45, 2.75) is 26.3 Å². The van der Waals surface area contributed by atoms with Crippen molar-refractivity contribution in [2.75, 3.05) is 0 Å². The number of hydrogen-bond donors (Lipinski definition) is 1. The van der Waals surface area contributed by atoms with Crippen LogP contribution in [0.2, 0.25) is 5.02 Å². The minimum Gasteiger partial charge on any atom is -0.439 e. The molecule has 0 amide bonds. The molecule has 26 heavy (non-hydrogen) atoms. The Labute approximate surface area is 155 Å². The minimum atomic E-state index is 0.546. The molecule has 0 aliphatic rings. The maximum absolute atomic E-state index is 6.07. The Morgan fingerprint density at radius 1 is 1.23 bits per heavy atom. The maximum Gasteiger partial charge on any atom is 0.245 e. The van der Waals surface area contributed by atoms with Crippen LogP contribution in [-0.4, -0.2) is 24.7 Å². The first-order valence-electron chi connectivity index (χ1n) is 8.44. The number of aromatic amines is 1. The Balaban J connectivity index is 1.63. The predicted octanol–water partition coefficient (Wildman–Crippen LogP) is 4.52. The molecule has 1 aromatic carbocycles. The fourth-order valence-electron chi connectivity index (χ4n) is 2.83. The normalized spacial score (nSPS) is 11.2. The van der Waals surface area contributed by atoms with Crippen LogP contribution in [-0.2, 0) is 13.0 Å². The van der Waals surface area contributed by atoms with Gasteiger partial charge in [-0.1, -0.05) is 23.7 Å². The largest absolute Gasteiger partial charge is 0.439 e. The van der Waals surface area contributed by atoms with Crippen LogP contribution in [0, 0.1) is 6.92 Å². The summed E-state index contributed by atoms with van der Waals surface area (Å²) in [6.07, 6.45) is 7.14. The summed E-state index contributed by atoms with van der Waals surface area (Å²) in [7, 11) is 0. The van der Waals surface area contributed by atoms with Gasteiger partial charge in [0, 0.05) is 35.9 Å². The Morgan fingerprint density at radius 3 is 2.77 bits per heavy atom. The third-order valence-corrected chi connectivity index (χ3v) is 4.35. The number of rotatable bonds is 6. The van der Waals surface area contributed by atoms with Crippen molar-refractivity contribution in [3.05, 3.63) is 65.5 Å². The van der Waals surface area contributed by atoms with Gasteiger partial charge in [-0.2, -0.15) is 5.10 Å². The van der Waals surface area contributed by atoms with Crippen molar-refractivity contribution in [3.63, 3.8) is 0 Å². The predicted molar refractivity (Wildman–Crippen MR) is 99.8 cm³/mol. The lowest BCUT2D eigenvalue weighted by atomic mass is 10.1. The Hall–Kier alpha value is -2.86. The molecule has 0 saturated carbocycles. The first-order valence-corrected chi connectivity index (χ1v) is 8.82. The molecule has 3 aromatic heterocycles. The van der Waals surface area contributed by atoms with Crippen LogP contribution in [0.5, 0.6) is 0 Å². The van der Waals surface area contributed by atoms with E-state index in [1.54, 1.807) is 12.4 Å². The standard InChI is InChI=1S/C19H18ClN5O/c1-13-21-12-16(23-13)19-24-18(14-5-7-15(20)8-6-14)17(26-19)4-2-10-25-11-3-9-22-25/h3,5-9,11-12H,2,4,10H2,1H3,(H,21,23). The zero-order chi connectivity index (χ0) is 17.9. The van der Waals surface area contributed by atoms with Gasteiger partial charge in [0.2, 0.25) is 5.89 Å². The van der Waals surface area contributed by atoms with Crippen molar-refractivity contribution < 1.29 is 4.42 Å². The summed E-state index contributed by atoms with van der Waals surface area (Å²) in [5.41, 5.74) is 2.59. The number of imidazole rings is 1. The molecule has 3 heterocycles. The first kappa shape index (κ1) is 16.6. The highest BCUT2D eigenvalue weighted by molar-refractivity contribution is 6.30. The lowest BCUT2D eigenvalue weighted by Crippen LogP contribution is -2.00. The van der Waals surface area contributed by atoms with Gasteiger partial charge >= 0.3 is 0 Å². The van der Waals surface area contributed by atoms with E-state index in [0.717, 1.165) is 47.9 Å². The highest BCUT2D eigenvalue weighted by Crippen LogP contribution is 2.30. The maximum atomic E-state index is 6.07. The fourth-order valence-corrected chi connectivity index (χ4v) is 2.96. The molecular weight excluding hydrogens is 350 g/mol. The topological polar surface area (TPSA) is 72.5 Å². The van der Waals surface area contributed by atoms with Crippen molar-refractivity contribution >= 4 is 11.6 Å². The second-order valence-corrected chi connectivity index (χ2v) is 6.49. The van der Waals surface area contributed by atoms with Gasteiger partial charge in [-0.3, -0.25) is 4.68 Å². The van der Waals surface area contributed by atoms with Crippen molar-refractivity contribution in [1.82, 2.24) is 24.7 Å². The van der Waals surface area contributed by atoms with E-state index in [0.29, 0.717) is 10.9 Å². The molecule has 0 saturated heterocycles. The molecule has 4 aromatic rings. The molecule has 6 nitrogen and oxygen atoms in total. The number of aromatic nitrogens is 5. The Kier molecular flexibility index (Phi) is 4.58. The molecule has 0 bridgehead atoms. The van der Waals surface area contributed by atoms with E-state index in [-0.39, 0.29) is 0 Å². The van der Waals surface area contributed by atoms with Gasteiger partial charge in [0.1, 0.15) is 23.0 Å². The van der Waals surface area contributed by atoms with Gasteiger partial charge in [0.05, 0.1) is 6.20 Å². The van der Waals surface area contributed by atoms with Gasteiger partial charge in [0.15, 0.2) is 0 Å². The minimum absolute atomic E-state index is 0.546. The van der Waals surface area contributed by atoms with Gasteiger partial charge in [0.25, 0.3) is 0 Å². The highest BCUT2D eigenvalue weighted by Gasteiger charge is 2.17. The van der Waals surface area contributed by atoms with Crippen LogP contribution in [0.25, 0.3) is 22.8 Å². The van der Waals surface area contributed by atoms with Crippen LogP contribution in [0.1, 0.15) is 18.0 Å². The third kappa shape index (κ3) is 3.55. The summed E-state index contributed by atoms with van der Waals surface area (Å²) in [6, 6.07) is 9.56. The molecule has 0 fully saturated rings. The molecule has 1 N–H and O–H groups in total. The monoisotopic (exact) mass is 367 g/mol. The number of nitrogens with one attached hydrogen (secondary N) is 1. The number of benzene rings is 1. The molecular formula is C19H18ClN5O. The average molecular weight is 368 g/mol. The number of hydrogen-bond acceptors (Lipinski definition) is 4. The molecule has 0 unspecified atom stereocenters. The third-order valence-electron chi connectivity index (χ3n) is 4.10. The summed E-state index contributed by atoms with van der Waals surface area (Å²) in [5.74, 6) is 2.22. The van der Waals surface area contributed by atoms with Crippen LogP contribution in [0.3, 0.4) is 0 Å². The number of H-pyrrole nitrogens is 1. The van der Waals surface area contributed by atoms with Crippen LogP contribution < -0.4 is 0 Å². The summed E-state index contributed by atoms with van der Waals surface area (Å²) in [5, 5.41) is 4.93. The SMILES string of the molecule is Cc1ncc(-c2nc(-c3ccc(Cl)cc3)c(CCCn3cccn3)o2)[nH]1. The lowest BCUT2D eigenvalue weighted by molar-refractivity contribution is 0.488. The van der Waals surface area contributed by atoms with Gasteiger partial charge < -0.3 is 9.40 Å². The van der Waals surface area contributed by atoms with Gasteiger partial charge in [-0.05, 0) is 31.5 Å². The van der Waals surface area contributed by atoms with E-state index in [1.165, 1.54) is 0 Å². The summed E-state index contributed by atoms with van der Waals surface area (Å²) < 4.78 is 7.99. The smallest absolute Gasteiger partial charge is 0.245 e. The van der Waals surface area contributed by atoms with E-state index >= 15 is 0 Å². The highest BCUT2D eigenvalue weighted by atomic mass is 35.5. The van der Waals surface area contributed by atoms with E-state index in [4.69, 9.17) is 21.0 Å². The zero-order valence-corrected chi connectivity index (χ0v) is 15.1. The average Bonchev–Trinajstić information content (AvgIpc) is 3.37. The lowest BCUT2D eigenvalue weighted by Gasteiger charge is -2.03. The van der Waals surface area contributed by atoms with E-state index < -0.39 is 0 Å². The molecule has 4 rings (SSSR count). The Morgan fingerprint density at radius 2 is 2.08 bits per heavy atom. The van der Waals surface area contributed by atoms with Gasteiger partial charge in [-0.25, -0.2) is 9.97 Å². The van der Waals surface area contributed by atoms with Crippen molar-refractivity contribution in [1.29, 1.82) is 0 Å². The van der Waals surface area contributed by atoms with Crippen LogP contribution >= 0.6 is 11.6 Å². The van der Waals surface area contributed by atoms with Crippen LogP contribution in [0.15, 0.2) is 53.3 Å².